The largest absolute Gasteiger partial charge is 0.228 e. The number of hydrogen-bond donors (Lipinski definition) is 0. The first kappa shape index (κ1) is 12.1. The van der Waals surface area contributed by atoms with E-state index in [0.29, 0.717) is 0 Å². The lowest BCUT2D eigenvalue weighted by Gasteiger charge is -2.25. The molecule has 3 heteroatoms. The van der Waals surface area contributed by atoms with Crippen LogP contribution in [0, 0.1) is 0 Å². The van der Waals surface area contributed by atoms with Gasteiger partial charge < -0.3 is 0 Å². The van der Waals surface area contributed by atoms with E-state index in [4.69, 9.17) is 0 Å². The maximum Gasteiger partial charge on any atom is 0.160 e. The van der Waals surface area contributed by atoms with Crippen molar-refractivity contribution in [2.45, 2.75) is 17.6 Å². The monoisotopic (exact) mass is 248 g/mol. The summed E-state index contributed by atoms with van der Waals surface area (Å²) in [5.74, 6) is 0.172. The second-order valence-corrected chi connectivity index (χ2v) is 7.03. The van der Waals surface area contributed by atoms with Gasteiger partial charge in [-0.2, -0.15) is 0 Å². The van der Waals surface area contributed by atoms with Crippen LogP contribution in [-0.4, -0.2) is 19.4 Å². The fraction of sp³-hybridized carbons (Fsp3) is 0.286. The van der Waals surface area contributed by atoms with E-state index in [1.807, 2.05) is 42.5 Å². The van der Waals surface area contributed by atoms with Gasteiger partial charge in [-0.15, -0.1) is 0 Å². The lowest BCUT2D eigenvalue weighted by Crippen LogP contribution is -2.31. The Bertz CT molecular complexity index is 539. The molecule has 0 radical (unpaired) electrons. The minimum Gasteiger partial charge on any atom is -0.228 e. The van der Waals surface area contributed by atoms with Crippen LogP contribution in [0.15, 0.2) is 54.6 Å². The Kier molecular flexibility index (Phi) is 2.96. The SMILES string of the molecule is CC1(S(C)(=O)=O)C=CC(c2ccccc2)C=C1. The van der Waals surface area contributed by atoms with Crippen molar-refractivity contribution in [3.05, 3.63) is 60.2 Å². The predicted molar refractivity (Wildman–Crippen MR) is 70.7 cm³/mol. The molecule has 0 unspecified atom stereocenters. The van der Waals surface area contributed by atoms with Gasteiger partial charge in [0.1, 0.15) is 4.75 Å². The molecular formula is C14H16O2S. The molecule has 0 heterocycles. The highest BCUT2D eigenvalue weighted by Crippen LogP contribution is 2.30. The lowest BCUT2D eigenvalue weighted by molar-refractivity contribution is 0.585. The number of benzene rings is 1. The van der Waals surface area contributed by atoms with Crippen molar-refractivity contribution in [3.63, 3.8) is 0 Å². The van der Waals surface area contributed by atoms with Crippen LogP contribution in [0.3, 0.4) is 0 Å². The average Bonchev–Trinajstić information content (AvgIpc) is 2.30. The fourth-order valence-corrected chi connectivity index (χ4v) is 2.51. The molecule has 0 bridgehead atoms. The van der Waals surface area contributed by atoms with Gasteiger partial charge in [-0.05, 0) is 12.5 Å². The first-order valence-electron chi connectivity index (χ1n) is 5.56. The van der Waals surface area contributed by atoms with Crippen molar-refractivity contribution in [3.8, 4) is 0 Å². The van der Waals surface area contributed by atoms with E-state index in [-0.39, 0.29) is 5.92 Å². The fourth-order valence-electron chi connectivity index (χ4n) is 1.85. The molecule has 1 aliphatic carbocycles. The third-order valence-corrected chi connectivity index (χ3v) is 5.12. The van der Waals surface area contributed by atoms with Crippen molar-refractivity contribution in [1.29, 1.82) is 0 Å². The summed E-state index contributed by atoms with van der Waals surface area (Å²) in [6, 6.07) is 10.0. The van der Waals surface area contributed by atoms with Crippen LogP contribution in [0.2, 0.25) is 0 Å². The van der Waals surface area contributed by atoms with Crippen LogP contribution in [0.25, 0.3) is 0 Å². The molecule has 0 saturated carbocycles. The first-order valence-corrected chi connectivity index (χ1v) is 7.45. The van der Waals surface area contributed by atoms with Crippen LogP contribution in [0.4, 0.5) is 0 Å². The van der Waals surface area contributed by atoms with Gasteiger partial charge in [0.15, 0.2) is 9.84 Å². The summed E-state index contributed by atoms with van der Waals surface area (Å²) >= 11 is 0. The Labute approximate surface area is 103 Å². The molecule has 0 fully saturated rings. The minimum atomic E-state index is -3.10. The molecule has 1 aromatic rings. The van der Waals surface area contributed by atoms with E-state index < -0.39 is 14.6 Å². The van der Waals surface area contributed by atoms with Crippen LogP contribution >= 0.6 is 0 Å². The summed E-state index contributed by atoms with van der Waals surface area (Å²) in [6.07, 6.45) is 8.73. The van der Waals surface area contributed by atoms with Crippen LogP contribution in [0.1, 0.15) is 18.4 Å². The molecule has 2 rings (SSSR count). The molecule has 1 aliphatic rings. The number of allylic oxidation sites excluding steroid dienone is 2. The number of hydrogen-bond acceptors (Lipinski definition) is 2. The molecule has 2 nitrogen and oxygen atoms in total. The Morgan fingerprint density at radius 1 is 1.06 bits per heavy atom. The first-order chi connectivity index (χ1) is 7.92. The zero-order chi connectivity index (χ0) is 12.5. The minimum absolute atomic E-state index is 0.172. The van der Waals surface area contributed by atoms with E-state index in [9.17, 15) is 8.42 Å². The van der Waals surface area contributed by atoms with Gasteiger partial charge >= 0.3 is 0 Å². The standard InChI is InChI=1S/C14H16O2S/c1-14(17(2,15)16)10-8-13(9-11-14)12-6-4-3-5-7-12/h3-11,13H,1-2H3. The van der Waals surface area contributed by atoms with E-state index in [1.165, 1.54) is 11.8 Å². The van der Waals surface area contributed by atoms with Gasteiger partial charge in [0, 0.05) is 12.2 Å². The van der Waals surface area contributed by atoms with Gasteiger partial charge in [-0.3, -0.25) is 0 Å². The third kappa shape index (κ3) is 2.34. The highest BCUT2D eigenvalue weighted by molar-refractivity contribution is 7.92. The molecule has 17 heavy (non-hydrogen) atoms. The topological polar surface area (TPSA) is 34.1 Å². The van der Waals surface area contributed by atoms with Crippen LogP contribution < -0.4 is 0 Å². The molecule has 1 aromatic carbocycles. The molecule has 0 atom stereocenters. The van der Waals surface area contributed by atoms with Crippen LogP contribution in [0.5, 0.6) is 0 Å². The summed E-state index contributed by atoms with van der Waals surface area (Å²) < 4.78 is 22.4. The predicted octanol–water partition coefficient (Wildman–Crippen LogP) is 2.70. The summed E-state index contributed by atoms with van der Waals surface area (Å²) in [6.45, 7) is 1.72. The quantitative estimate of drug-likeness (QED) is 0.754. The number of rotatable bonds is 2. The van der Waals surface area contributed by atoms with Crippen molar-refractivity contribution in [2.24, 2.45) is 0 Å². The molecule has 0 aliphatic heterocycles. The lowest BCUT2D eigenvalue weighted by atomic mass is 9.91. The number of sulfone groups is 1. The van der Waals surface area contributed by atoms with Gasteiger partial charge in [0.25, 0.3) is 0 Å². The Hall–Kier alpha value is -1.35. The van der Waals surface area contributed by atoms with E-state index in [0.717, 1.165) is 0 Å². The highest BCUT2D eigenvalue weighted by atomic mass is 32.2. The Morgan fingerprint density at radius 2 is 1.59 bits per heavy atom. The Morgan fingerprint density at radius 3 is 2.06 bits per heavy atom. The van der Waals surface area contributed by atoms with E-state index in [2.05, 4.69) is 0 Å². The molecule has 0 spiro atoms. The third-order valence-electron chi connectivity index (χ3n) is 3.25. The smallest absolute Gasteiger partial charge is 0.160 e. The zero-order valence-electron chi connectivity index (χ0n) is 10.00. The van der Waals surface area contributed by atoms with Gasteiger partial charge in [-0.1, -0.05) is 54.6 Å². The van der Waals surface area contributed by atoms with Crippen molar-refractivity contribution in [2.75, 3.05) is 6.26 Å². The van der Waals surface area contributed by atoms with E-state index in [1.54, 1.807) is 19.1 Å². The van der Waals surface area contributed by atoms with Gasteiger partial charge in [0.05, 0.1) is 0 Å². The summed E-state index contributed by atoms with van der Waals surface area (Å²) in [7, 11) is -3.10. The summed E-state index contributed by atoms with van der Waals surface area (Å²) in [4.78, 5) is 0. The van der Waals surface area contributed by atoms with Crippen molar-refractivity contribution in [1.82, 2.24) is 0 Å². The Balaban J connectivity index is 2.28. The second kappa shape index (κ2) is 4.15. The maximum atomic E-state index is 11.6. The molecule has 90 valence electrons. The molecule has 0 aromatic heterocycles. The molecule has 0 N–H and O–H groups in total. The molecule has 0 amide bonds. The summed E-state index contributed by atoms with van der Waals surface area (Å²) in [5, 5.41) is 0. The van der Waals surface area contributed by atoms with Crippen LogP contribution in [-0.2, 0) is 9.84 Å². The summed E-state index contributed by atoms with van der Waals surface area (Å²) in [5.41, 5.74) is 1.18. The maximum absolute atomic E-state index is 11.6. The molecular weight excluding hydrogens is 232 g/mol. The average molecular weight is 248 g/mol. The zero-order valence-corrected chi connectivity index (χ0v) is 10.8. The van der Waals surface area contributed by atoms with Gasteiger partial charge in [-0.25, -0.2) is 8.42 Å². The van der Waals surface area contributed by atoms with E-state index >= 15 is 0 Å². The van der Waals surface area contributed by atoms with Gasteiger partial charge in [0.2, 0.25) is 0 Å². The van der Waals surface area contributed by atoms with Crippen molar-refractivity contribution >= 4 is 9.84 Å². The molecule has 0 saturated heterocycles. The second-order valence-electron chi connectivity index (χ2n) is 4.61. The van der Waals surface area contributed by atoms with Crippen molar-refractivity contribution < 1.29 is 8.42 Å². The normalized spacial score (nSPS) is 28.2. The highest BCUT2D eigenvalue weighted by Gasteiger charge is 2.32.